The molecule has 3 heterocycles. The number of amides is 1. The van der Waals surface area contributed by atoms with E-state index in [4.69, 9.17) is 0 Å². The van der Waals surface area contributed by atoms with Gasteiger partial charge in [-0.15, -0.1) is 22.7 Å². The zero-order valence-corrected chi connectivity index (χ0v) is 16.2. The van der Waals surface area contributed by atoms with Crippen molar-refractivity contribution in [2.75, 3.05) is 0 Å². The van der Waals surface area contributed by atoms with Gasteiger partial charge in [-0.3, -0.25) is 14.2 Å². The van der Waals surface area contributed by atoms with E-state index in [2.05, 4.69) is 10.3 Å². The van der Waals surface area contributed by atoms with Crippen LogP contribution in [0.4, 0.5) is 0 Å². The Balaban J connectivity index is 1.62. The lowest BCUT2D eigenvalue weighted by molar-refractivity contribution is -0.122. The molecule has 0 aliphatic heterocycles. The summed E-state index contributed by atoms with van der Waals surface area (Å²) in [6.07, 6.45) is 1.45. The van der Waals surface area contributed by atoms with Gasteiger partial charge in [0.15, 0.2) is 0 Å². The second kappa shape index (κ2) is 7.46. The molecule has 0 aliphatic carbocycles. The molecule has 0 spiro atoms. The molecule has 3 aromatic heterocycles. The number of aromatic nitrogens is 2. The fraction of sp³-hybridized carbons (Fsp3) is 0.150. The highest BCUT2D eigenvalue weighted by Crippen LogP contribution is 2.30. The van der Waals surface area contributed by atoms with E-state index >= 15 is 0 Å². The molecule has 4 rings (SSSR count). The molecule has 7 heteroatoms. The van der Waals surface area contributed by atoms with Gasteiger partial charge in [0.1, 0.15) is 11.4 Å². The Bertz CT molecular complexity index is 1130. The van der Waals surface area contributed by atoms with Crippen LogP contribution in [0.5, 0.6) is 0 Å². The van der Waals surface area contributed by atoms with Gasteiger partial charge in [0.25, 0.3) is 5.56 Å². The first-order valence-electron chi connectivity index (χ1n) is 8.48. The Labute approximate surface area is 163 Å². The monoisotopic (exact) mass is 395 g/mol. The van der Waals surface area contributed by atoms with E-state index in [1.807, 2.05) is 60.1 Å². The molecule has 4 aromatic rings. The highest BCUT2D eigenvalue weighted by molar-refractivity contribution is 7.17. The van der Waals surface area contributed by atoms with Crippen molar-refractivity contribution < 1.29 is 4.79 Å². The molecule has 1 N–H and O–H groups in total. The molecule has 0 saturated carbocycles. The number of nitrogens with one attached hydrogen (secondary N) is 1. The average Bonchev–Trinajstić information content (AvgIpc) is 3.35. The van der Waals surface area contributed by atoms with Crippen molar-refractivity contribution >= 4 is 38.8 Å². The molecule has 1 atom stereocenters. The largest absolute Gasteiger partial charge is 0.347 e. The standard InChI is InChI=1S/C20H17N3O2S2/c1-13(16-8-5-9-26-16)22-17(24)10-23-12-21-19-18(20(23)25)15(11-27-19)14-6-3-2-4-7-14/h2-9,11-13H,10H2,1H3,(H,22,24)/t13-/m0/s1. The molecular formula is C20H17N3O2S2. The third-order valence-electron chi connectivity index (χ3n) is 4.31. The molecule has 5 nitrogen and oxygen atoms in total. The van der Waals surface area contributed by atoms with Crippen LogP contribution >= 0.6 is 22.7 Å². The van der Waals surface area contributed by atoms with Crippen molar-refractivity contribution in [1.29, 1.82) is 0 Å². The molecule has 1 amide bonds. The molecule has 0 fully saturated rings. The van der Waals surface area contributed by atoms with Crippen LogP contribution in [-0.2, 0) is 11.3 Å². The lowest BCUT2D eigenvalue weighted by atomic mass is 10.1. The summed E-state index contributed by atoms with van der Waals surface area (Å²) in [4.78, 5) is 31.5. The first-order valence-corrected chi connectivity index (χ1v) is 10.2. The third-order valence-corrected chi connectivity index (χ3v) is 6.25. The Kier molecular flexibility index (Phi) is 4.87. The van der Waals surface area contributed by atoms with Crippen molar-refractivity contribution in [1.82, 2.24) is 14.9 Å². The fourth-order valence-corrected chi connectivity index (χ4v) is 4.60. The number of carbonyl (C=O) groups is 1. The van der Waals surface area contributed by atoms with Gasteiger partial charge in [-0.1, -0.05) is 36.4 Å². The number of rotatable bonds is 5. The minimum absolute atomic E-state index is 0.0540. The van der Waals surface area contributed by atoms with E-state index < -0.39 is 0 Å². The third kappa shape index (κ3) is 3.56. The number of hydrogen-bond donors (Lipinski definition) is 1. The number of nitrogens with zero attached hydrogens (tertiary/aromatic N) is 2. The van der Waals surface area contributed by atoms with Crippen LogP contribution in [0.1, 0.15) is 17.8 Å². The molecular weight excluding hydrogens is 378 g/mol. The topological polar surface area (TPSA) is 64.0 Å². The van der Waals surface area contributed by atoms with Crippen LogP contribution < -0.4 is 10.9 Å². The van der Waals surface area contributed by atoms with Crippen molar-refractivity contribution in [3.63, 3.8) is 0 Å². The van der Waals surface area contributed by atoms with Gasteiger partial charge < -0.3 is 5.32 Å². The van der Waals surface area contributed by atoms with Gasteiger partial charge >= 0.3 is 0 Å². The van der Waals surface area contributed by atoms with Crippen LogP contribution in [0, 0.1) is 0 Å². The van der Waals surface area contributed by atoms with Crippen LogP contribution in [0.25, 0.3) is 21.3 Å². The first kappa shape index (κ1) is 17.6. The Morgan fingerprint density at radius 3 is 2.74 bits per heavy atom. The van der Waals surface area contributed by atoms with E-state index in [-0.39, 0.29) is 24.1 Å². The van der Waals surface area contributed by atoms with Crippen LogP contribution in [0.3, 0.4) is 0 Å². The van der Waals surface area contributed by atoms with Crippen LogP contribution in [-0.4, -0.2) is 15.5 Å². The fourth-order valence-electron chi connectivity index (χ4n) is 2.96. The molecule has 0 unspecified atom stereocenters. The van der Waals surface area contributed by atoms with Gasteiger partial charge in [0.05, 0.1) is 17.8 Å². The molecule has 0 bridgehead atoms. The van der Waals surface area contributed by atoms with E-state index in [1.165, 1.54) is 22.2 Å². The second-order valence-corrected chi connectivity index (χ2v) is 8.02. The normalized spacial score (nSPS) is 12.2. The van der Waals surface area contributed by atoms with Gasteiger partial charge in [-0.25, -0.2) is 4.98 Å². The van der Waals surface area contributed by atoms with Crippen LogP contribution in [0.2, 0.25) is 0 Å². The molecule has 0 radical (unpaired) electrons. The highest BCUT2D eigenvalue weighted by Gasteiger charge is 2.16. The number of fused-ring (bicyclic) bond motifs is 1. The summed E-state index contributed by atoms with van der Waals surface area (Å²) < 4.78 is 1.37. The number of hydrogen-bond acceptors (Lipinski definition) is 5. The van der Waals surface area contributed by atoms with E-state index in [0.29, 0.717) is 10.2 Å². The molecule has 0 saturated heterocycles. The van der Waals surface area contributed by atoms with E-state index in [1.54, 1.807) is 11.3 Å². The second-order valence-electron chi connectivity index (χ2n) is 6.18. The van der Waals surface area contributed by atoms with Gasteiger partial charge in [-0.2, -0.15) is 0 Å². The number of benzene rings is 1. The van der Waals surface area contributed by atoms with Crippen LogP contribution in [0.15, 0.2) is 64.3 Å². The molecule has 27 heavy (non-hydrogen) atoms. The minimum Gasteiger partial charge on any atom is -0.347 e. The van der Waals surface area contributed by atoms with Crippen molar-refractivity contribution in [3.05, 3.63) is 74.8 Å². The van der Waals surface area contributed by atoms with Crippen molar-refractivity contribution in [3.8, 4) is 11.1 Å². The lowest BCUT2D eigenvalue weighted by Gasteiger charge is -2.13. The maximum absolute atomic E-state index is 13.0. The van der Waals surface area contributed by atoms with Crippen molar-refractivity contribution in [2.24, 2.45) is 0 Å². The van der Waals surface area contributed by atoms with Gasteiger partial charge in [-0.05, 0) is 23.9 Å². The Morgan fingerprint density at radius 1 is 1.19 bits per heavy atom. The maximum atomic E-state index is 13.0. The minimum atomic E-state index is -0.212. The summed E-state index contributed by atoms with van der Waals surface area (Å²) in [6.45, 7) is 1.88. The number of carbonyl (C=O) groups excluding carboxylic acids is 1. The molecule has 136 valence electrons. The van der Waals surface area contributed by atoms with Crippen molar-refractivity contribution in [2.45, 2.75) is 19.5 Å². The van der Waals surface area contributed by atoms with E-state index in [0.717, 1.165) is 16.0 Å². The highest BCUT2D eigenvalue weighted by atomic mass is 32.1. The van der Waals surface area contributed by atoms with Gasteiger partial charge in [0.2, 0.25) is 5.91 Å². The summed E-state index contributed by atoms with van der Waals surface area (Å²) in [5.74, 6) is -0.212. The summed E-state index contributed by atoms with van der Waals surface area (Å²) in [6, 6.07) is 13.6. The quantitative estimate of drug-likeness (QED) is 0.554. The summed E-state index contributed by atoms with van der Waals surface area (Å²) in [7, 11) is 0. The van der Waals surface area contributed by atoms with Gasteiger partial charge in [0, 0.05) is 15.8 Å². The average molecular weight is 396 g/mol. The predicted molar refractivity (Wildman–Crippen MR) is 110 cm³/mol. The Morgan fingerprint density at radius 2 is 2.00 bits per heavy atom. The summed E-state index contributed by atoms with van der Waals surface area (Å²) >= 11 is 3.03. The predicted octanol–water partition coefficient (Wildman–Crippen LogP) is 4.06. The summed E-state index contributed by atoms with van der Waals surface area (Å²) in [5, 5.41) is 7.41. The molecule has 0 aliphatic rings. The zero-order valence-electron chi connectivity index (χ0n) is 14.6. The first-order chi connectivity index (χ1) is 13.1. The summed E-state index contributed by atoms with van der Waals surface area (Å²) in [5.41, 5.74) is 1.63. The molecule has 1 aromatic carbocycles. The zero-order chi connectivity index (χ0) is 18.8. The lowest BCUT2D eigenvalue weighted by Crippen LogP contribution is -2.33. The number of thiophene rings is 2. The SMILES string of the molecule is C[C@H](NC(=O)Cn1cnc2scc(-c3ccccc3)c2c1=O)c1cccs1. The smallest absolute Gasteiger partial charge is 0.263 e. The van der Waals surface area contributed by atoms with E-state index in [9.17, 15) is 9.59 Å². The Hall–Kier alpha value is -2.77. The maximum Gasteiger partial charge on any atom is 0.263 e.